The van der Waals surface area contributed by atoms with Crippen molar-refractivity contribution in [3.63, 3.8) is 0 Å². The second kappa shape index (κ2) is 9.87. The average Bonchev–Trinajstić information content (AvgIpc) is 3.19. The van der Waals surface area contributed by atoms with Crippen LogP contribution in [0.2, 0.25) is 0 Å². The number of nitro benzene ring substituents is 1. The molecule has 9 heteroatoms. The predicted molar refractivity (Wildman–Crippen MR) is 135 cm³/mol. The summed E-state index contributed by atoms with van der Waals surface area (Å²) in [5.74, 6) is -0.580. The summed E-state index contributed by atoms with van der Waals surface area (Å²) in [5, 5.41) is 24.0. The largest absolute Gasteiger partial charge is 0.321 e. The number of fused-ring (bicyclic) bond motifs is 1. The fourth-order valence-electron chi connectivity index (χ4n) is 3.40. The maximum atomic E-state index is 12.6. The third-order valence-corrected chi connectivity index (χ3v) is 6.97. The summed E-state index contributed by atoms with van der Waals surface area (Å²) in [5.41, 5.74) is 3.49. The molecule has 0 fully saturated rings. The maximum Gasteiger partial charge on any atom is 0.283 e. The van der Waals surface area contributed by atoms with E-state index >= 15 is 0 Å². The Morgan fingerprint density at radius 3 is 2.56 bits per heavy atom. The summed E-state index contributed by atoms with van der Waals surface area (Å²) in [7, 11) is 0. The third kappa shape index (κ3) is 5.31. The highest BCUT2D eigenvalue weighted by Crippen LogP contribution is 2.39. The number of nitro groups is 1. The summed E-state index contributed by atoms with van der Waals surface area (Å²) < 4.78 is 1.69. The van der Waals surface area contributed by atoms with Gasteiger partial charge in [0, 0.05) is 11.8 Å². The van der Waals surface area contributed by atoms with Crippen LogP contribution in [0.3, 0.4) is 0 Å². The number of aryl methyl sites for hydroxylation is 2. The Morgan fingerprint density at radius 1 is 1.15 bits per heavy atom. The van der Waals surface area contributed by atoms with Crippen molar-refractivity contribution in [2.24, 2.45) is 0 Å². The Balaban J connectivity index is 1.60. The Hall–Kier alpha value is -4.00. The van der Waals surface area contributed by atoms with Crippen molar-refractivity contribution in [2.45, 2.75) is 23.1 Å². The Labute approximate surface area is 203 Å². The molecule has 0 spiro atoms. The zero-order chi connectivity index (χ0) is 24.2. The number of aromatic nitrogens is 1. The van der Waals surface area contributed by atoms with Crippen molar-refractivity contribution < 1.29 is 9.72 Å². The van der Waals surface area contributed by atoms with Gasteiger partial charge in [-0.15, -0.1) is 11.3 Å². The quantitative estimate of drug-likeness (QED) is 0.144. The van der Waals surface area contributed by atoms with Crippen LogP contribution in [-0.2, 0) is 4.79 Å². The molecule has 1 N–H and O–H groups in total. The van der Waals surface area contributed by atoms with Crippen molar-refractivity contribution >= 4 is 56.7 Å². The Morgan fingerprint density at radius 2 is 1.88 bits per heavy atom. The zero-order valence-electron chi connectivity index (χ0n) is 18.2. The number of hydrogen-bond acceptors (Lipinski definition) is 7. The molecule has 0 aliphatic carbocycles. The molecule has 0 saturated heterocycles. The van der Waals surface area contributed by atoms with Gasteiger partial charge in [-0.2, -0.15) is 5.26 Å². The molecule has 1 heterocycles. The van der Waals surface area contributed by atoms with E-state index in [9.17, 15) is 20.2 Å². The van der Waals surface area contributed by atoms with Crippen molar-refractivity contribution in [3.8, 4) is 6.07 Å². The molecule has 1 amide bonds. The normalized spacial score (nSPS) is 11.3. The van der Waals surface area contributed by atoms with Crippen LogP contribution in [0, 0.1) is 35.3 Å². The van der Waals surface area contributed by atoms with Crippen LogP contribution >= 0.6 is 23.1 Å². The first-order valence-corrected chi connectivity index (χ1v) is 11.8. The van der Waals surface area contributed by atoms with Crippen LogP contribution in [-0.4, -0.2) is 15.8 Å². The SMILES string of the molecule is Cc1cc(C)cc(NC(=O)/C(C#N)=C/c2ccc(Sc3nc4ccccc4s3)c([N+](=O)[O-])c2)c1. The average molecular weight is 487 g/mol. The molecule has 34 heavy (non-hydrogen) atoms. The molecule has 0 saturated carbocycles. The van der Waals surface area contributed by atoms with Gasteiger partial charge in [-0.25, -0.2) is 4.98 Å². The van der Waals surface area contributed by atoms with Gasteiger partial charge in [0.2, 0.25) is 0 Å². The van der Waals surface area contributed by atoms with Gasteiger partial charge in [-0.05, 0) is 66.9 Å². The van der Waals surface area contributed by atoms with Gasteiger partial charge < -0.3 is 5.32 Å². The first kappa shape index (κ1) is 23.2. The minimum absolute atomic E-state index is 0.120. The molecule has 4 aromatic rings. The fourth-order valence-corrected chi connectivity index (χ4v) is 5.51. The molecular formula is C25H18N4O3S2. The number of nitrogens with zero attached hydrogens (tertiary/aromatic N) is 3. The second-order valence-electron chi connectivity index (χ2n) is 7.53. The fraction of sp³-hybridized carbons (Fsp3) is 0.0800. The van der Waals surface area contributed by atoms with Gasteiger partial charge in [0.25, 0.3) is 11.6 Å². The summed E-state index contributed by atoms with van der Waals surface area (Å²) in [4.78, 5) is 28.8. The van der Waals surface area contributed by atoms with Gasteiger partial charge in [-0.1, -0.05) is 36.0 Å². The van der Waals surface area contributed by atoms with Crippen LogP contribution in [0.4, 0.5) is 11.4 Å². The highest BCUT2D eigenvalue weighted by atomic mass is 32.2. The van der Waals surface area contributed by atoms with Crippen LogP contribution in [0.15, 0.2) is 75.5 Å². The molecule has 0 atom stereocenters. The van der Waals surface area contributed by atoms with Crippen molar-refractivity contribution in [1.82, 2.24) is 4.98 Å². The smallest absolute Gasteiger partial charge is 0.283 e. The number of thiazole rings is 1. The number of para-hydroxylation sites is 1. The van der Waals surface area contributed by atoms with E-state index in [0.29, 0.717) is 20.5 Å². The lowest BCUT2D eigenvalue weighted by Crippen LogP contribution is -2.13. The molecule has 4 rings (SSSR count). The first-order chi connectivity index (χ1) is 16.3. The first-order valence-electron chi connectivity index (χ1n) is 10.2. The van der Waals surface area contributed by atoms with E-state index in [1.165, 1.54) is 35.2 Å². The van der Waals surface area contributed by atoms with Crippen LogP contribution in [0.5, 0.6) is 0 Å². The monoisotopic (exact) mass is 486 g/mol. The van der Waals surface area contributed by atoms with E-state index in [0.717, 1.165) is 21.3 Å². The predicted octanol–water partition coefficient (Wildman–Crippen LogP) is 6.52. The lowest BCUT2D eigenvalue weighted by molar-refractivity contribution is -0.387. The number of anilines is 1. The third-order valence-electron chi connectivity index (χ3n) is 4.81. The van der Waals surface area contributed by atoms with E-state index in [-0.39, 0.29) is 11.3 Å². The number of carbonyl (C=O) groups excluding carboxylic acids is 1. The Bertz CT molecular complexity index is 1450. The number of carbonyl (C=O) groups is 1. The van der Waals surface area contributed by atoms with Gasteiger partial charge >= 0.3 is 0 Å². The number of nitrogens with one attached hydrogen (secondary N) is 1. The number of benzene rings is 3. The number of hydrogen-bond donors (Lipinski definition) is 1. The number of nitriles is 1. The van der Waals surface area contributed by atoms with Gasteiger partial charge in [0.15, 0.2) is 4.34 Å². The van der Waals surface area contributed by atoms with E-state index in [4.69, 9.17) is 0 Å². The summed E-state index contributed by atoms with van der Waals surface area (Å²) in [6.45, 7) is 3.83. The molecule has 0 aliphatic rings. The van der Waals surface area contributed by atoms with E-state index in [2.05, 4.69) is 10.3 Å². The summed E-state index contributed by atoms with van der Waals surface area (Å²) >= 11 is 2.67. The maximum absolute atomic E-state index is 12.6. The molecule has 1 aromatic heterocycles. The molecule has 168 valence electrons. The van der Waals surface area contributed by atoms with Crippen molar-refractivity contribution in [1.29, 1.82) is 5.26 Å². The topological polar surface area (TPSA) is 109 Å². The minimum Gasteiger partial charge on any atom is -0.321 e. The number of amides is 1. The molecule has 7 nitrogen and oxygen atoms in total. The van der Waals surface area contributed by atoms with Crippen molar-refractivity contribution in [3.05, 3.63) is 93.0 Å². The molecular weight excluding hydrogens is 468 g/mol. The van der Waals surface area contributed by atoms with Crippen LogP contribution in [0.1, 0.15) is 16.7 Å². The number of rotatable bonds is 6. The molecule has 0 aliphatic heterocycles. The molecule has 0 bridgehead atoms. The van der Waals surface area contributed by atoms with Gasteiger partial charge in [0.1, 0.15) is 11.6 Å². The zero-order valence-corrected chi connectivity index (χ0v) is 19.9. The van der Waals surface area contributed by atoms with Crippen LogP contribution < -0.4 is 5.32 Å². The Kier molecular flexibility index (Phi) is 6.72. The van der Waals surface area contributed by atoms with E-state index < -0.39 is 10.8 Å². The highest BCUT2D eigenvalue weighted by molar-refractivity contribution is 8.01. The van der Waals surface area contributed by atoms with E-state index in [1.807, 2.05) is 50.2 Å². The minimum atomic E-state index is -0.580. The van der Waals surface area contributed by atoms with Crippen molar-refractivity contribution in [2.75, 3.05) is 5.32 Å². The second-order valence-corrected chi connectivity index (χ2v) is 9.85. The molecule has 0 radical (unpaired) electrons. The standard InChI is InChI=1S/C25H18N4O3S2/c1-15-9-16(2)11-19(10-15)27-24(30)18(14-26)12-17-7-8-23(21(13-17)29(31)32)34-25-28-20-5-3-4-6-22(20)33-25/h3-13H,1-2H3,(H,27,30)/b18-12+. The van der Waals surface area contributed by atoms with E-state index in [1.54, 1.807) is 24.3 Å². The van der Waals surface area contributed by atoms with Crippen LogP contribution in [0.25, 0.3) is 16.3 Å². The molecule has 3 aromatic carbocycles. The van der Waals surface area contributed by atoms with Gasteiger partial charge in [-0.3, -0.25) is 14.9 Å². The highest BCUT2D eigenvalue weighted by Gasteiger charge is 2.18. The van der Waals surface area contributed by atoms with Gasteiger partial charge in [0.05, 0.1) is 20.0 Å². The lowest BCUT2D eigenvalue weighted by Gasteiger charge is -2.07. The molecule has 0 unspecified atom stereocenters. The lowest BCUT2D eigenvalue weighted by atomic mass is 10.1. The summed E-state index contributed by atoms with van der Waals surface area (Å²) in [6, 6.07) is 19.7. The summed E-state index contributed by atoms with van der Waals surface area (Å²) in [6.07, 6.45) is 1.34.